The van der Waals surface area contributed by atoms with Crippen LogP contribution in [-0.2, 0) is 9.84 Å². The van der Waals surface area contributed by atoms with Gasteiger partial charge in [-0.3, -0.25) is 4.79 Å². The van der Waals surface area contributed by atoms with E-state index in [9.17, 15) is 13.2 Å². The van der Waals surface area contributed by atoms with Gasteiger partial charge in [-0.05, 0) is 36.8 Å². The number of benzene rings is 1. The summed E-state index contributed by atoms with van der Waals surface area (Å²) >= 11 is 0. The van der Waals surface area contributed by atoms with Gasteiger partial charge < -0.3 is 0 Å². The average Bonchev–Trinajstić information content (AvgIpc) is 2.69. The van der Waals surface area contributed by atoms with Gasteiger partial charge in [-0.25, -0.2) is 8.42 Å². The van der Waals surface area contributed by atoms with Crippen molar-refractivity contribution in [3.8, 4) is 0 Å². The smallest absolute Gasteiger partial charge is 0.159 e. The maximum absolute atomic E-state index is 11.5. The first-order chi connectivity index (χ1) is 8.39. The minimum atomic E-state index is -2.84. The lowest BCUT2D eigenvalue weighted by molar-refractivity contribution is 0.101. The van der Waals surface area contributed by atoms with Gasteiger partial charge in [0.25, 0.3) is 0 Å². The first-order valence-corrected chi connectivity index (χ1v) is 8.02. The van der Waals surface area contributed by atoms with Gasteiger partial charge in [0.15, 0.2) is 15.6 Å². The van der Waals surface area contributed by atoms with Crippen molar-refractivity contribution in [1.29, 1.82) is 0 Å². The van der Waals surface area contributed by atoms with Crippen LogP contribution in [0.2, 0.25) is 0 Å². The fourth-order valence-electron chi connectivity index (χ4n) is 2.53. The molecule has 1 aromatic carbocycles. The monoisotopic (exact) mass is 266 g/mol. The molecule has 2 unspecified atom stereocenters. The van der Waals surface area contributed by atoms with Crippen LogP contribution in [0.1, 0.15) is 42.1 Å². The third-order valence-corrected chi connectivity index (χ3v) is 5.59. The highest BCUT2D eigenvalue weighted by Gasteiger charge is 2.32. The van der Waals surface area contributed by atoms with Crippen LogP contribution in [-0.4, -0.2) is 25.7 Å². The molecule has 3 nitrogen and oxygen atoms in total. The zero-order valence-corrected chi connectivity index (χ0v) is 11.5. The Labute approximate surface area is 108 Å². The Kier molecular flexibility index (Phi) is 3.57. The molecule has 18 heavy (non-hydrogen) atoms. The Morgan fingerprint density at radius 1 is 1.39 bits per heavy atom. The standard InChI is InChI=1S/C14H18O3S/c1-10(14-6-7-18(16,17)9-14)12-4-3-5-13(8-12)11(2)15/h3-5,8,10,14H,6-7,9H2,1-2H3. The normalized spacial score (nSPS) is 23.8. The molecule has 2 rings (SSSR count). The summed E-state index contributed by atoms with van der Waals surface area (Å²) in [5.74, 6) is 0.981. The molecule has 1 saturated heterocycles. The van der Waals surface area contributed by atoms with E-state index in [1.165, 1.54) is 0 Å². The van der Waals surface area contributed by atoms with E-state index in [1.54, 1.807) is 13.0 Å². The predicted molar refractivity (Wildman–Crippen MR) is 71.6 cm³/mol. The Morgan fingerprint density at radius 3 is 2.67 bits per heavy atom. The topological polar surface area (TPSA) is 51.2 Å². The minimum absolute atomic E-state index is 0.0445. The van der Waals surface area contributed by atoms with E-state index in [0.717, 1.165) is 12.0 Å². The summed E-state index contributed by atoms with van der Waals surface area (Å²) in [7, 11) is -2.84. The highest BCUT2D eigenvalue weighted by Crippen LogP contribution is 2.33. The predicted octanol–water partition coefficient (Wildman–Crippen LogP) is 2.43. The number of sulfone groups is 1. The van der Waals surface area contributed by atoms with Gasteiger partial charge in [0.05, 0.1) is 11.5 Å². The van der Waals surface area contributed by atoms with Crippen molar-refractivity contribution in [2.75, 3.05) is 11.5 Å². The van der Waals surface area contributed by atoms with E-state index >= 15 is 0 Å². The number of Topliss-reactive ketones (excluding diaryl/α,β-unsaturated/α-hetero) is 1. The number of rotatable bonds is 3. The summed E-state index contributed by atoms with van der Waals surface area (Å²) in [5.41, 5.74) is 1.75. The highest BCUT2D eigenvalue weighted by atomic mass is 32.2. The third kappa shape index (κ3) is 2.80. The maximum atomic E-state index is 11.5. The van der Waals surface area contributed by atoms with E-state index in [-0.39, 0.29) is 23.4 Å². The Morgan fingerprint density at radius 2 is 2.11 bits per heavy atom. The van der Waals surface area contributed by atoms with Crippen molar-refractivity contribution in [1.82, 2.24) is 0 Å². The van der Waals surface area contributed by atoms with Crippen LogP contribution < -0.4 is 0 Å². The summed E-state index contributed by atoms with van der Waals surface area (Å²) < 4.78 is 23.0. The second-order valence-electron chi connectivity index (χ2n) is 5.13. The zero-order chi connectivity index (χ0) is 13.3. The van der Waals surface area contributed by atoms with Crippen molar-refractivity contribution in [2.45, 2.75) is 26.2 Å². The van der Waals surface area contributed by atoms with E-state index < -0.39 is 9.84 Å². The molecule has 0 spiro atoms. The molecule has 1 fully saturated rings. The third-order valence-electron chi connectivity index (χ3n) is 3.79. The van der Waals surface area contributed by atoms with Crippen LogP contribution in [0.15, 0.2) is 24.3 Å². The Bertz CT molecular complexity index is 560. The van der Waals surface area contributed by atoms with Gasteiger partial charge in [0.1, 0.15) is 0 Å². The largest absolute Gasteiger partial charge is 0.295 e. The maximum Gasteiger partial charge on any atom is 0.159 e. The van der Waals surface area contributed by atoms with E-state index in [1.807, 2.05) is 25.1 Å². The van der Waals surface area contributed by atoms with Gasteiger partial charge in [-0.1, -0.05) is 25.1 Å². The molecule has 4 heteroatoms. The average molecular weight is 266 g/mol. The van der Waals surface area contributed by atoms with E-state index in [4.69, 9.17) is 0 Å². The lowest BCUT2D eigenvalue weighted by Gasteiger charge is -2.18. The SMILES string of the molecule is CC(=O)c1cccc(C(C)C2CCS(=O)(=O)C2)c1. The highest BCUT2D eigenvalue weighted by molar-refractivity contribution is 7.91. The molecule has 0 amide bonds. The van der Waals surface area contributed by atoms with Crippen molar-refractivity contribution >= 4 is 15.6 Å². The molecule has 1 heterocycles. The first-order valence-electron chi connectivity index (χ1n) is 6.20. The van der Waals surface area contributed by atoms with Crippen LogP contribution in [0, 0.1) is 5.92 Å². The summed E-state index contributed by atoms with van der Waals surface area (Å²) in [6.45, 7) is 3.59. The van der Waals surface area contributed by atoms with Crippen molar-refractivity contribution in [3.05, 3.63) is 35.4 Å². The number of ketones is 1. The number of carbonyl (C=O) groups is 1. The molecule has 0 saturated carbocycles. The van der Waals surface area contributed by atoms with Crippen molar-refractivity contribution in [3.63, 3.8) is 0 Å². The molecule has 0 radical (unpaired) electrons. The van der Waals surface area contributed by atoms with Crippen LogP contribution >= 0.6 is 0 Å². The molecule has 1 aliphatic heterocycles. The van der Waals surface area contributed by atoms with Gasteiger partial charge in [-0.15, -0.1) is 0 Å². The van der Waals surface area contributed by atoms with E-state index in [2.05, 4.69) is 0 Å². The molecular weight excluding hydrogens is 248 g/mol. The van der Waals surface area contributed by atoms with Crippen LogP contribution in [0.4, 0.5) is 0 Å². The molecule has 1 aromatic rings. The summed E-state index contributed by atoms with van der Waals surface area (Å²) in [6, 6.07) is 7.52. The van der Waals surface area contributed by atoms with Gasteiger partial charge in [-0.2, -0.15) is 0 Å². The molecule has 2 atom stereocenters. The second-order valence-corrected chi connectivity index (χ2v) is 7.36. The summed E-state index contributed by atoms with van der Waals surface area (Å²) in [4.78, 5) is 11.3. The van der Waals surface area contributed by atoms with Gasteiger partial charge in [0, 0.05) is 5.56 Å². The molecule has 98 valence electrons. The summed E-state index contributed by atoms with van der Waals surface area (Å²) in [6.07, 6.45) is 0.730. The molecule has 0 N–H and O–H groups in total. The van der Waals surface area contributed by atoms with Crippen molar-refractivity contribution < 1.29 is 13.2 Å². The number of carbonyl (C=O) groups excluding carboxylic acids is 1. The molecular formula is C14H18O3S. The Balaban J connectivity index is 2.21. The van der Waals surface area contributed by atoms with Crippen LogP contribution in [0.3, 0.4) is 0 Å². The Hall–Kier alpha value is -1.16. The zero-order valence-electron chi connectivity index (χ0n) is 10.7. The van der Waals surface area contributed by atoms with Gasteiger partial charge >= 0.3 is 0 Å². The minimum Gasteiger partial charge on any atom is -0.295 e. The lowest BCUT2D eigenvalue weighted by Crippen LogP contribution is -2.12. The first kappa shape index (κ1) is 13.3. The molecule has 0 bridgehead atoms. The van der Waals surface area contributed by atoms with Gasteiger partial charge in [0.2, 0.25) is 0 Å². The second kappa shape index (κ2) is 4.84. The van der Waals surface area contributed by atoms with E-state index in [0.29, 0.717) is 11.3 Å². The summed E-state index contributed by atoms with van der Waals surface area (Å²) in [5, 5.41) is 0. The van der Waals surface area contributed by atoms with Crippen molar-refractivity contribution in [2.24, 2.45) is 5.92 Å². The lowest BCUT2D eigenvalue weighted by atomic mass is 9.86. The fraction of sp³-hybridized carbons (Fsp3) is 0.500. The fourth-order valence-corrected chi connectivity index (χ4v) is 4.47. The number of hydrogen-bond donors (Lipinski definition) is 0. The number of hydrogen-bond acceptors (Lipinski definition) is 3. The molecule has 0 aliphatic carbocycles. The van der Waals surface area contributed by atoms with Crippen LogP contribution in [0.25, 0.3) is 0 Å². The molecule has 1 aliphatic rings. The molecule has 0 aromatic heterocycles. The van der Waals surface area contributed by atoms with Crippen LogP contribution in [0.5, 0.6) is 0 Å². The quantitative estimate of drug-likeness (QED) is 0.789.